The molecule has 0 radical (unpaired) electrons. The van der Waals surface area contributed by atoms with Gasteiger partial charge in [0, 0.05) is 86.8 Å². The Kier molecular flexibility index (Phi) is 11.1. The van der Waals surface area contributed by atoms with E-state index in [9.17, 15) is 29.2 Å². The van der Waals surface area contributed by atoms with Crippen LogP contribution in [0.15, 0.2) is 67.0 Å². The first-order valence-corrected chi connectivity index (χ1v) is 20.1. The molecule has 3 saturated heterocycles. The van der Waals surface area contributed by atoms with E-state index >= 15 is 0 Å². The van der Waals surface area contributed by atoms with Crippen LogP contribution in [0.2, 0.25) is 0 Å². The predicted octanol–water partition coefficient (Wildman–Crippen LogP) is 4.01. The second-order valence-corrected chi connectivity index (χ2v) is 15.5. The number of nitriles is 1. The fraction of sp³-hybridized carbons (Fsp3) is 0.395. The molecule has 2 N–H and O–H groups in total. The fourth-order valence-corrected chi connectivity index (χ4v) is 8.48. The van der Waals surface area contributed by atoms with Crippen molar-refractivity contribution in [3.8, 4) is 11.9 Å². The quantitative estimate of drug-likeness (QED) is 0.174. The van der Waals surface area contributed by atoms with Crippen molar-refractivity contribution in [2.75, 3.05) is 67.5 Å². The van der Waals surface area contributed by atoms with Crippen LogP contribution in [-0.4, -0.2) is 125 Å². The first-order chi connectivity index (χ1) is 28.6. The Morgan fingerprint density at radius 3 is 2.51 bits per heavy atom. The van der Waals surface area contributed by atoms with Crippen molar-refractivity contribution >= 4 is 57.6 Å². The number of imide groups is 2. The smallest absolute Gasteiger partial charge is 0.322 e. The summed E-state index contributed by atoms with van der Waals surface area (Å²) in [6, 6.07) is 17.5. The molecule has 16 nitrogen and oxygen atoms in total. The minimum Gasteiger partial charge on any atom is -0.478 e. The van der Waals surface area contributed by atoms with Gasteiger partial charge in [-0.2, -0.15) is 5.26 Å². The minimum atomic E-state index is -0.982. The number of pyridine rings is 2. The molecule has 0 spiro atoms. The zero-order chi connectivity index (χ0) is 41.2. The summed E-state index contributed by atoms with van der Waals surface area (Å²) in [6.07, 6.45) is 5.31. The number of ether oxygens (including phenoxy) is 1. The Morgan fingerprint density at radius 1 is 0.932 bits per heavy atom. The lowest BCUT2D eigenvalue weighted by Gasteiger charge is -2.45. The van der Waals surface area contributed by atoms with Gasteiger partial charge in [-0.3, -0.25) is 39.3 Å². The van der Waals surface area contributed by atoms with E-state index in [1.807, 2.05) is 42.2 Å². The molecule has 0 aliphatic carbocycles. The van der Waals surface area contributed by atoms with Crippen LogP contribution in [0.25, 0.3) is 10.9 Å². The van der Waals surface area contributed by atoms with Crippen LogP contribution in [0.5, 0.6) is 5.88 Å². The molecule has 1 unspecified atom stereocenters. The predicted molar refractivity (Wildman–Crippen MR) is 219 cm³/mol. The number of rotatable bonds is 10. The summed E-state index contributed by atoms with van der Waals surface area (Å²) in [6.45, 7) is 9.94. The molecule has 4 aromatic rings. The average molecular weight is 799 g/mol. The normalized spacial score (nSPS) is 21.1. The molecule has 8 rings (SSSR count). The van der Waals surface area contributed by atoms with Crippen LogP contribution in [0.4, 0.5) is 21.9 Å². The van der Waals surface area contributed by atoms with Gasteiger partial charge in [0.1, 0.15) is 12.1 Å². The number of aromatic nitrogens is 2. The summed E-state index contributed by atoms with van der Waals surface area (Å²) in [4.78, 5) is 82.3. The Labute approximate surface area is 341 Å². The number of nitrogens with one attached hydrogen (secondary N) is 2. The number of unbranched alkanes of at least 4 members (excludes halogenated alkanes) is 1. The number of piperazine rings is 2. The molecule has 16 heteroatoms. The molecule has 3 fully saturated rings. The topological polar surface area (TPSA) is 184 Å². The highest BCUT2D eigenvalue weighted by atomic mass is 16.5. The van der Waals surface area contributed by atoms with E-state index in [0.29, 0.717) is 42.3 Å². The lowest BCUT2D eigenvalue weighted by atomic mass is 10.0. The molecular formula is C43H46N10O6. The van der Waals surface area contributed by atoms with Crippen molar-refractivity contribution in [2.45, 2.75) is 57.7 Å². The first-order valence-electron chi connectivity index (χ1n) is 20.1. The van der Waals surface area contributed by atoms with Crippen LogP contribution in [0, 0.1) is 11.3 Å². The summed E-state index contributed by atoms with van der Waals surface area (Å²) < 4.78 is 5.91. The van der Waals surface area contributed by atoms with Crippen molar-refractivity contribution in [2.24, 2.45) is 0 Å². The maximum absolute atomic E-state index is 13.4. The molecular weight excluding hydrogens is 753 g/mol. The average Bonchev–Trinajstić information content (AvgIpc) is 3.49. The molecule has 4 aliphatic rings. The SMILES string of the molecule is C[C@@H]1CN(c2ccc(C#N)c3ncccc23)[C@@H](C)CN1C(=O)Nc1ccc(OCCCCN2CCN(c3ccc4c(c3)C(=O)N(C3CCC(=O)NC3=O)C4=O)CC2)nc1. The third-order valence-corrected chi connectivity index (χ3v) is 11.7. The molecule has 2 aromatic heterocycles. The number of hydrogen-bond acceptors (Lipinski definition) is 12. The van der Waals surface area contributed by atoms with Crippen LogP contribution in [0.3, 0.4) is 0 Å². The number of benzene rings is 2. The summed E-state index contributed by atoms with van der Waals surface area (Å²) in [5.74, 6) is -1.53. The van der Waals surface area contributed by atoms with Gasteiger partial charge in [0.2, 0.25) is 17.7 Å². The van der Waals surface area contributed by atoms with Crippen LogP contribution >= 0.6 is 0 Å². The van der Waals surface area contributed by atoms with Gasteiger partial charge in [-0.1, -0.05) is 0 Å². The zero-order valence-electron chi connectivity index (χ0n) is 33.1. The monoisotopic (exact) mass is 798 g/mol. The van der Waals surface area contributed by atoms with Gasteiger partial charge in [0.25, 0.3) is 11.8 Å². The molecule has 2 aromatic carbocycles. The molecule has 0 saturated carbocycles. The van der Waals surface area contributed by atoms with E-state index in [2.05, 4.69) is 48.3 Å². The Morgan fingerprint density at radius 2 is 1.75 bits per heavy atom. The Hall–Kier alpha value is -6.60. The molecule has 4 aliphatic heterocycles. The largest absolute Gasteiger partial charge is 0.478 e. The van der Waals surface area contributed by atoms with Gasteiger partial charge < -0.3 is 24.8 Å². The number of amides is 6. The van der Waals surface area contributed by atoms with Gasteiger partial charge in [-0.05, 0) is 88.2 Å². The number of fused-ring (bicyclic) bond motifs is 2. The summed E-state index contributed by atoms with van der Waals surface area (Å²) in [5.41, 5.74) is 4.23. The van der Waals surface area contributed by atoms with Crippen molar-refractivity contribution in [3.63, 3.8) is 0 Å². The van der Waals surface area contributed by atoms with E-state index in [0.717, 1.165) is 67.2 Å². The van der Waals surface area contributed by atoms with Crippen molar-refractivity contribution in [3.05, 3.63) is 83.7 Å². The first kappa shape index (κ1) is 39.2. The number of nitrogens with zero attached hydrogens (tertiary/aromatic N) is 8. The molecule has 6 heterocycles. The van der Waals surface area contributed by atoms with Crippen molar-refractivity contribution in [1.29, 1.82) is 5.26 Å². The standard InChI is InChI=1S/C43H46N10O6/c1-27-26-52(28(2)25-51(27)35-11-7-29(23-44)39-33(35)6-5-15-45-39)43(58)47-30-8-14-38(46-24-30)59-21-4-3-16-49-17-19-50(20-18-49)31-9-10-32-34(22-31)42(57)53(41(32)56)36-12-13-37(54)48-40(36)55/h5-11,14-15,22,24,27-28,36H,3-4,12-13,16-21,25-26H2,1-2H3,(H,47,58)(H,48,54,55)/t27-,28+,36?/m0/s1. The van der Waals surface area contributed by atoms with Gasteiger partial charge in [0.15, 0.2) is 0 Å². The van der Waals surface area contributed by atoms with Gasteiger partial charge in [-0.25, -0.2) is 9.78 Å². The number of urea groups is 1. The summed E-state index contributed by atoms with van der Waals surface area (Å²) in [5, 5.41) is 15.7. The molecule has 0 bridgehead atoms. The van der Waals surface area contributed by atoms with Gasteiger partial charge in [-0.15, -0.1) is 0 Å². The minimum absolute atomic E-state index is 0.0346. The second-order valence-electron chi connectivity index (χ2n) is 15.5. The maximum atomic E-state index is 13.4. The Balaban J connectivity index is 0.750. The highest BCUT2D eigenvalue weighted by Crippen LogP contribution is 2.33. The van der Waals surface area contributed by atoms with E-state index in [1.54, 1.807) is 36.7 Å². The molecule has 6 amide bonds. The van der Waals surface area contributed by atoms with Crippen LogP contribution in [-0.2, 0) is 9.59 Å². The maximum Gasteiger partial charge on any atom is 0.322 e. The van der Waals surface area contributed by atoms with Crippen LogP contribution in [0.1, 0.15) is 65.8 Å². The Bertz CT molecular complexity index is 2340. The van der Waals surface area contributed by atoms with Gasteiger partial charge in [0.05, 0.1) is 40.7 Å². The van der Waals surface area contributed by atoms with Gasteiger partial charge >= 0.3 is 6.03 Å². The zero-order valence-corrected chi connectivity index (χ0v) is 33.1. The van der Waals surface area contributed by atoms with E-state index in [1.165, 1.54) is 0 Å². The highest BCUT2D eigenvalue weighted by Gasteiger charge is 2.45. The number of anilines is 3. The second kappa shape index (κ2) is 16.7. The van der Waals surface area contributed by atoms with E-state index in [4.69, 9.17) is 4.74 Å². The third-order valence-electron chi connectivity index (χ3n) is 11.7. The van der Waals surface area contributed by atoms with Crippen molar-refractivity contribution < 1.29 is 28.7 Å². The van der Waals surface area contributed by atoms with Crippen molar-refractivity contribution in [1.82, 2.24) is 30.0 Å². The van der Waals surface area contributed by atoms with E-state index in [-0.39, 0.29) is 42.1 Å². The number of piperidine rings is 1. The third kappa shape index (κ3) is 7.98. The summed E-state index contributed by atoms with van der Waals surface area (Å²) >= 11 is 0. The molecule has 304 valence electrons. The number of hydrogen-bond donors (Lipinski definition) is 2. The number of carbonyl (C=O) groups is 5. The van der Waals surface area contributed by atoms with E-state index < -0.39 is 29.7 Å². The lowest BCUT2D eigenvalue weighted by molar-refractivity contribution is -0.136. The summed E-state index contributed by atoms with van der Waals surface area (Å²) in [7, 11) is 0. The van der Waals surface area contributed by atoms with Crippen LogP contribution < -0.4 is 25.2 Å². The fourth-order valence-electron chi connectivity index (χ4n) is 8.48. The molecule has 3 atom stereocenters. The lowest BCUT2D eigenvalue weighted by Crippen LogP contribution is -2.59. The number of carbonyl (C=O) groups excluding carboxylic acids is 5. The molecule has 59 heavy (non-hydrogen) atoms. The highest BCUT2D eigenvalue weighted by molar-refractivity contribution is 6.23.